The maximum atomic E-state index is 9.61. The van der Waals surface area contributed by atoms with E-state index in [9.17, 15) is 20.4 Å². The zero-order valence-electron chi connectivity index (χ0n) is 9.40. The van der Waals surface area contributed by atoms with Crippen LogP contribution in [0.25, 0.3) is 0 Å². The van der Waals surface area contributed by atoms with Gasteiger partial charge in [-0.1, -0.05) is 6.92 Å². The summed E-state index contributed by atoms with van der Waals surface area (Å²) in [5.41, 5.74) is 0. The highest BCUT2D eigenvalue weighted by molar-refractivity contribution is 4.90. The van der Waals surface area contributed by atoms with Crippen LogP contribution in [0.4, 0.5) is 0 Å². The lowest BCUT2D eigenvalue weighted by atomic mass is 10.1. The molecule has 0 amide bonds. The summed E-state index contributed by atoms with van der Waals surface area (Å²) in [7, 11) is 0. The van der Waals surface area contributed by atoms with Gasteiger partial charge in [-0.25, -0.2) is 0 Å². The molecule has 0 bridgehead atoms. The quantitative estimate of drug-likeness (QED) is 0.371. The van der Waals surface area contributed by atoms with Gasteiger partial charge < -0.3 is 25.5 Å². The lowest BCUT2D eigenvalue weighted by Gasteiger charge is -2.30. The van der Waals surface area contributed by atoms with Crippen molar-refractivity contribution in [1.29, 1.82) is 0 Å². The van der Waals surface area contributed by atoms with Crippen molar-refractivity contribution in [2.75, 3.05) is 19.7 Å². The summed E-state index contributed by atoms with van der Waals surface area (Å²) in [6.45, 7) is 2.07. The summed E-state index contributed by atoms with van der Waals surface area (Å²) >= 11 is 0. The van der Waals surface area contributed by atoms with Gasteiger partial charge in [0.25, 0.3) is 0 Å². The highest BCUT2D eigenvalue weighted by Gasteiger charge is 2.37. The third-order valence-electron chi connectivity index (χ3n) is 3.18. The van der Waals surface area contributed by atoms with Crippen LogP contribution < -0.4 is 0 Å². The largest absolute Gasteiger partial charge is 0.395 e. The fourth-order valence-electron chi connectivity index (χ4n) is 2.03. The van der Waals surface area contributed by atoms with Gasteiger partial charge in [0, 0.05) is 19.1 Å². The van der Waals surface area contributed by atoms with E-state index in [1.165, 1.54) is 0 Å². The maximum Gasteiger partial charge on any atom is 0.110 e. The predicted octanol–water partition coefficient (Wildman–Crippen LogP) is -2.48. The summed E-state index contributed by atoms with van der Waals surface area (Å²) < 4.78 is 0. The topological polar surface area (TPSA) is 104 Å². The second kappa shape index (κ2) is 5.90. The molecule has 1 aliphatic heterocycles. The van der Waals surface area contributed by atoms with Gasteiger partial charge >= 0.3 is 0 Å². The molecule has 0 aromatic rings. The maximum absolute atomic E-state index is 9.61. The molecule has 0 aromatic carbocycles. The first-order valence-corrected chi connectivity index (χ1v) is 5.58. The zero-order chi connectivity index (χ0) is 12.3. The minimum Gasteiger partial charge on any atom is -0.395 e. The van der Waals surface area contributed by atoms with Gasteiger partial charge in [0.05, 0.1) is 18.8 Å². The molecule has 1 unspecified atom stereocenters. The zero-order valence-corrected chi connectivity index (χ0v) is 9.40. The van der Waals surface area contributed by atoms with E-state index in [1.54, 1.807) is 4.90 Å². The smallest absolute Gasteiger partial charge is 0.110 e. The molecule has 1 aliphatic rings. The van der Waals surface area contributed by atoms with E-state index in [0.29, 0.717) is 6.42 Å². The van der Waals surface area contributed by atoms with Crippen molar-refractivity contribution < 1.29 is 25.5 Å². The third kappa shape index (κ3) is 2.91. The van der Waals surface area contributed by atoms with E-state index >= 15 is 0 Å². The monoisotopic (exact) mass is 235 g/mol. The standard InChI is InChI=1S/C10H21NO5/c1-2-6(5-12)11-3-7(13)9(15)10(16)8(14)4-11/h6-10,12-16H,2-5H2,1H3/t6?,7-,8-,9+,10+/m0/s1. The van der Waals surface area contributed by atoms with Crippen molar-refractivity contribution >= 4 is 0 Å². The van der Waals surface area contributed by atoms with Crippen LogP contribution in [-0.4, -0.2) is 80.6 Å². The van der Waals surface area contributed by atoms with E-state index in [0.717, 1.165) is 0 Å². The number of aliphatic hydroxyl groups is 5. The van der Waals surface area contributed by atoms with Crippen LogP contribution in [0.15, 0.2) is 0 Å². The Kier molecular flexibility index (Phi) is 5.10. The highest BCUT2D eigenvalue weighted by atomic mass is 16.4. The van der Waals surface area contributed by atoms with Crippen molar-refractivity contribution in [2.24, 2.45) is 0 Å². The van der Waals surface area contributed by atoms with Gasteiger partial charge in [-0.3, -0.25) is 4.90 Å². The Balaban J connectivity index is 2.74. The molecule has 1 saturated heterocycles. The number of hydrogen-bond donors (Lipinski definition) is 5. The Labute approximate surface area is 94.7 Å². The second-order valence-corrected chi connectivity index (χ2v) is 4.31. The Bertz CT molecular complexity index is 195. The number of likely N-dealkylation sites (tertiary alicyclic amines) is 1. The van der Waals surface area contributed by atoms with Crippen LogP contribution in [0.2, 0.25) is 0 Å². The van der Waals surface area contributed by atoms with E-state index < -0.39 is 24.4 Å². The van der Waals surface area contributed by atoms with Gasteiger partial charge in [0.15, 0.2) is 0 Å². The molecule has 1 fully saturated rings. The molecule has 1 rings (SSSR count). The van der Waals surface area contributed by atoms with Gasteiger partial charge in [0.1, 0.15) is 12.2 Å². The van der Waals surface area contributed by atoms with Gasteiger partial charge in [-0.2, -0.15) is 0 Å². The molecule has 0 aliphatic carbocycles. The first kappa shape index (κ1) is 13.8. The van der Waals surface area contributed by atoms with Crippen molar-refractivity contribution in [3.05, 3.63) is 0 Å². The molecular weight excluding hydrogens is 214 g/mol. The molecule has 0 saturated carbocycles. The number of hydrogen-bond acceptors (Lipinski definition) is 6. The van der Waals surface area contributed by atoms with E-state index in [1.807, 2.05) is 6.92 Å². The molecule has 6 heteroatoms. The second-order valence-electron chi connectivity index (χ2n) is 4.31. The molecule has 5 atom stereocenters. The summed E-state index contributed by atoms with van der Waals surface area (Å²) in [6.07, 6.45) is -4.27. The van der Waals surface area contributed by atoms with Crippen molar-refractivity contribution in [2.45, 2.75) is 43.8 Å². The molecule has 6 nitrogen and oxygen atoms in total. The molecule has 16 heavy (non-hydrogen) atoms. The first-order valence-electron chi connectivity index (χ1n) is 5.58. The Hall–Kier alpha value is -0.240. The molecule has 0 radical (unpaired) electrons. The molecule has 1 heterocycles. The van der Waals surface area contributed by atoms with E-state index in [2.05, 4.69) is 0 Å². The van der Waals surface area contributed by atoms with Crippen LogP contribution >= 0.6 is 0 Å². The third-order valence-corrected chi connectivity index (χ3v) is 3.18. The number of aliphatic hydroxyl groups excluding tert-OH is 5. The Morgan fingerprint density at radius 2 is 1.50 bits per heavy atom. The number of β-amino-alcohol motifs (C(OH)–C–C–N with tert-alkyl or cyclic N) is 2. The molecule has 0 spiro atoms. The van der Waals surface area contributed by atoms with Crippen LogP contribution in [0, 0.1) is 0 Å². The van der Waals surface area contributed by atoms with Crippen molar-refractivity contribution in [3.63, 3.8) is 0 Å². The lowest BCUT2D eigenvalue weighted by Crippen LogP contribution is -2.44. The first-order chi connectivity index (χ1) is 7.51. The van der Waals surface area contributed by atoms with E-state index in [4.69, 9.17) is 5.11 Å². The highest BCUT2D eigenvalue weighted by Crippen LogP contribution is 2.16. The van der Waals surface area contributed by atoms with Gasteiger partial charge in [0.2, 0.25) is 0 Å². The average molecular weight is 235 g/mol. The minimum atomic E-state index is -1.35. The van der Waals surface area contributed by atoms with Crippen LogP contribution in [0.5, 0.6) is 0 Å². The summed E-state index contributed by atoms with van der Waals surface area (Å²) in [5, 5.41) is 47.4. The van der Waals surface area contributed by atoms with E-state index in [-0.39, 0.29) is 25.7 Å². The number of nitrogens with zero attached hydrogens (tertiary/aromatic N) is 1. The fraction of sp³-hybridized carbons (Fsp3) is 1.00. The number of rotatable bonds is 3. The van der Waals surface area contributed by atoms with Crippen molar-refractivity contribution in [3.8, 4) is 0 Å². The van der Waals surface area contributed by atoms with Gasteiger partial charge in [-0.05, 0) is 6.42 Å². The average Bonchev–Trinajstić information content (AvgIpc) is 2.35. The molecule has 0 aromatic heterocycles. The van der Waals surface area contributed by atoms with Crippen LogP contribution in [0.1, 0.15) is 13.3 Å². The predicted molar refractivity (Wildman–Crippen MR) is 56.8 cm³/mol. The molecule has 96 valence electrons. The van der Waals surface area contributed by atoms with Crippen molar-refractivity contribution in [1.82, 2.24) is 4.90 Å². The molecular formula is C10H21NO5. The summed E-state index contributed by atoms with van der Waals surface area (Å²) in [4.78, 5) is 1.69. The Morgan fingerprint density at radius 1 is 1.06 bits per heavy atom. The van der Waals surface area contributed by atoms with Crippen LogP contribution in [0.3, 0.4) is 0 Å². The van der Waals surface area contributed by atoms with Gasteiger partial charge in [-0.15, -0.1) is 0 Å². The fourth-order valence-corrected chi connectivity index (χ4v) is 2.03. The molecule has 5 N–H and O–H groups in total. The summed E-state index contributed by atoms with van der Waals surface area (Å²) in [6, 6.07) is -0.179. The lowest BCUT2D eigenvalue weighted by molar-refractivity contribution is -0.0894. The normalized spacial score (nSPS) is 39.4. The van der Waals surface area contributed by atoms with Crippen LogP contribution in [-0.2, 0) is 0 Å². The Morgan fingerprint density at radius 3 is 1.81 bits per heavy atom. The minimum absolute atomic E-state index is 0.0812. The SMILES string of the molecule is CCC(CO)N1C[C@H](O)[C@@H](O)[C@H](O)[C@@H](O)C1. The summed E-state index contributed by atoms with van der Waals surface area (Å²) in [5.74, 6) is 0.